The second-order valence-corrected chi connectivity index (χ2v) is 6.68. The summed E-state index contributed by atoms with van der Waals surface area (Å²) in [5, 5.41) is 8.24. The molecule has 27 heavy (non-hydrogen) atoms. The summed E-state index contributed by atoms with van der Waals surface area (Å²) in [4.78, 5) is 11.2. The molecule has 0 unspecified atom stereocenters. The predicted molar refractivity (Wildman–Crippen MR) is 109 cm³/mol. The van der Waals surface area contributed by atoms with Crippen LogP contribution in [0, 0.1) is 11.3 Å². The van der Waals surface area contributed by atoms with Crippen molar-refractivity contribution in [3.63, 3.8) is 0 Å². The fourth-order valence-corrected chi connectivity index (χ4v) is 2.93. The topological polar surface area (TPSA) is 59.4 Å². The van der Waals surface area contributed by atoms with Crippen LogP contribution < -0.4 is 4.74 Å². The normalized spacial score (nSPS) is 11.6. The Hall–Kier alpha value is -2.62. The summed E-state index contributed by atoms with van der Waals surface area (Å²) in [5.74, 6) is 0.682. The molecular weight excluding hydrogens is 338 g/mol. The molecule has 144 valence electrons. The third-order valence-corrected chi connectivity index (χ3v) is 4.67. The van der Waals surface area contributed by atoms with Crippen LogP contribution >= 0.6 is 0 Å². The summed E-state index contributed by atoms with van der Waals surface area (Å²) in [6, 6.07) is 18.5. The Bertz CT molecular complexity index is 710. The van der Waals surface area contributed by atoms with Gasteiger partial charge in [0.05, 0.1) is 13.7 Å². The summed E-state index contributed by atoms with van der Waals surface area (Å²) in [6.45, 7) is 2.55. The second kappa shape index (κ2) is 11.2. The number of carbonyl (C=O) groups excluding carboxylic acids is 1. The smallest absolute Gasteiger partial charge is 0.305 e. The minimum Gasteiger partial charge on any atom is -0.493 e. The molecule has 0 radical (unpaired) electrons. The van der Waals surface area contributed by atoms with E-state index in [0.29, 0.717) is 31.6 Å². The van der Waals surface area contributed by atoms with Gasteiger partial charge >= 0.3 is 5.97 Å². The number of carbonyl (C=O) groups is 1. The Morgan fingerprint density at radius 2 is 1.67 bits per heavy atom. The number of benzene rings is 2. The molecule has 0 spiro atoms. The van der Waals surface area contributed by atoms with Crippen LogP contribution in [0.4, 0.5) is 0 Å². The van der Waals surface area contributed by atoms with Gasteiger partial charge in [-0.1, -0.05) is 49.4 Å². The first-order valence-electron chi connectivity index (χ1n) is 9.52. The van der Waals surface area contributed by atoms with Crippen LogP contribution in [0.15, 0.2) is 54.6 Å². The fourth-order valence-electron chi connectivity index (χ4n) is 2.93. The summed E-state index contributed by atoms with van der Waals surface area (Å²) in [6.07, 6.45) is 3.37. The zero-order chi connectivity index (χ0) is 19.5. The Kier molecular flexibility index (Phi) is 8.56. The van der Waals surface area contributed by atoms with Crippen molar-refractivity contribution in [1.29, 1.82) is 5.41 Å². The van der Waals surface area contributed by atoms with Gasteiger partial charge < -0.3 is 14.9 Å². The average molecular weight is 367 g/mol. The molecule has 2 aromatic carbocycles. The molecular formula is C23H29NO3. The Balaban J connectivity index is 1.79. The Morgan fingerprint density at radius 1 is 1.00 bits per heavy atom. The first-order valence-corrected chi connectivity index (χ1v) is 9.52. The van der Waals surface area contributed by atoms with E-state index in [0.717, 1.165) is 18.6 Å². The van der Waals surface area contributed by atoms with E-state index >= 15 is 0 Å². The van der Waals surface area contributed by atoms with Crippen LogP contribution in [0.2, 0.25) is 0 Å². The van der Waals surface area contributed by atoms with E-state index in [-0.39, 0.29) is 11.9 Å². The molecule has 0 saturated carbocycles. The molecule has 0 aromatic heterocycles. The lowest BCUT2D eigenvalue weighted by molar-refractivity contribution is -0.140. The molecule has 0 aliphatic rings. The molecule has 0 aliphatic carbocycles. The lowest BCUT2D eigenvalue weighted by Gasteiger charge is -2.17. The number of ether oxygens (including phenoxy) is 2. The highest BCUT2D eigenvalue weighted by Gasteiger charge is 2.14. The molecule has 2 aromatic rings. The lowest BCUT2D eigenvalue weighted by atomic mass is 9.97. The molecule has 0 saturated heterocycles. The van der Waals surface area contributed by atoms with E-state index in [1.807, 2.05) is 18.2 Å². The Labute approximate surface area is 162 Å². The van der Waals surface area contributed by atoms with Crippen LogP contribution in [-0.4, -0.2) is 25.4 Å². The summed E-state index contributed by atoms with van der Waals surface area (Å²) in [7, 11) is 1.39. The van der Waals surface area contributed by atoms with Crippen molar-refractivity contribution in [3.05, 3.63) is 65.7 Å². The van der Waals surface area contributed by atoms with E-state index in [1.165, 1.54) is 18.2 Å². The highest BCUT2D eigenvalue weighted by atomic mass is 16.5. The third-order valence-electron chi connectivity index (χ3n) is 4.67. The average Bonchev–Trinajstić information content (AvgIpc) is 2.70. The molecule has 0 bridgehead atoms. The van der Waals surface area contributed by atoms with Gasteiger partial charge in [0.25, 0.3) is 0 Å². The molecule has 0 amide bonds. The van der Waals surface area contributed by atoms with Crippen molar-refractivity contribution < 1.29 is 14.3 Å². The third kappa shape index (κ3) is 7.26. The van der Waals surface area contributed by atoms with Crippen molar-refractivity contribution in [2.75, 3.05) is 13.7 Å². The highest BCUT2D eigenvalue weighted by Crippen LogP contribution is 2.18. The number of methoxy groups -OCH3 is 1. The van der Waals surface area contributed by atoms with Crippen molar-refractivity contribution in [2.45, 2.75) is 39.0 Å². The Morgan fingerprint density at radius 3 is 2.30 bits per heavy atom. The van der Waals surface area contributed by atoms with Gasteiger partial charge in [0, 0.05) is 18.1 Å². The molecule has 0 fully saturated rings. The monoisotopic (exact) mass is 367 g/mol. The van der Waals surface area contributed by atoms with Gasteiger partial charge in [-0.2, -0.15) is 0 Å². The van der Waals surface area contributed by atoms with Gasteiger partial charge in [-0.25, -0.2) is 0 Å². The second-order valence-electron chi connectivity index (χ2n) is 6.68. The number of hydrogen-bond acceptors (Lipinski definition) is 4. The quantitative estimate of drug-likeness (QED) is 0.447. The maximum absolute atomic E-state index is 11.2. The first kappa shape index (κ1) is 20.7. The molecule has 1 atom stereocenters. The summed E-state index contributed by atoms with van der Waals surface area (Å²) < 4.78 is 10.5. The van der Waals surface area contributed by atoms with Crippen molar-refractivity contribution in [3.8, 4) is 5.75 Å². The zero-order valence-electron chi connectivity index (χ0n) is 16.2. The van der Waals surface area contributed by atoms with Gasteiger partial charge in [-0.15, -0.1) is 0 Å². The van der Waals surface area contributed by atoms with Gasteiger partial charge in [-0.3, -0.25) is 4.79 Å². The summed E-state index contributed by atoms with van der Waals surface area (Å²) >= 11 is 0. The van der Waals surface area contributed by atoms with Gasteiger partial charge in [-0.05, 0) is 48.9 Å². The van der Waals surface area contributed by atoms with Gasteiger partial charge in [0.1, 0.15) is 5.75 Å². The molecule has 4 heteroatoms. The largest absolute Gasteiger partial charge is 0.493 e. The van der Waals surface area contributed by atoms with E-state index in [9.17, 15) is 4.79 Å². The van der Waals surface area contributed by atoms with Crippen LogP contribution in [0.1, 0.15) is 43.7 Å². The molecule has 0 aliphatic heterocycles. The van der Waals surface area contributed by atoms with E-state index in [1.54, 1.807) is 0 Å². The SMILES string of the molecule is CC[C@H](COc1ccc(Cc2ccccc2)cc1)C(=N)CCCC(=O)OC. The molecule has 4 nitrogen and oxygen atoms in total. The van der Waals surface area contributed by atoms with Gasteiger partial charge in [0.15, 0.2) is 0 Å². The maximum atomic E-state index is 11.2. The minimum atomic E-state index is -0.220. The van der Waals surface area contributed by atoms with Crippen LogP contribution in [0.5, 0.6) is 5.75 Å². The molecule has 2 rings (SSSR count). The highest BCUT2D eigenvalue weighted by molar-refractivity contribution is 5.84. The van der Waals surface area contributed by atoms with E-state index in [2.05, 4.69) is 48.1 Å². The van der Waals surface area contributed by atoms with Crippen molar-refractivity contribution >= 4 is 11.7 Å². The predicted octanol–water partition coefficient (Wildman–Crippen LogP) is 5.05. The van der Waals surface area contributed by atoms with Crippen LogP contribution in [0.25, 0.3) is 0 Å². The number of hydrogen-bond donors (Lipinski definition) is 1. The number of rotatable bonds is 11. The zero-order valence-corrected chi connectivity index (χ0v) is 16.2. The first-order chi connectivity index (χ1) is 13.1. The van der Waals surface area contributed by atoms with Crippen molar-refractivity contribution in [1.82, 2.24) is 0 Å². The maximum Gasteiger partial charge on any atom is 0.305 e. The van der Waals surface area contributed by atoms with Gasteiger partial charge in [0.2, 0.25) is 0 Å². The van der Waals surface area contributed by atoms with E-state index < -0.39 is 0 Å². The molecule has 0 heterocycles. The lowest BCUT2D eigenvalue weighted by Crippen LogP contribution is -2.21. The number of nitrogens with one attached hydrogen (secondary N) is 1. The standard InChI is InChI=1S/C23H29NO3/c1-3-20(22(24)10-7-11-23(25)26-2)17-27-21-14-12-19(13-15-21)16-18-8-5-4-6-9-18/h4-6,8-9,12-15,20,24H,3,7,10-11,16-17H2,1-2H3/t20-/m1/s1. The van der Waals surface area contributed by atoms with Crippen LogP contribution in [-0.2, 0) is 16.0 Å². The fraction of sp³-hybridized carbons (Fsp3) is 0.391. The minimum absolute atomic E-state index is 0.0756. The van der Waals surface area contributed by atoms with Crippen molar-refractivity contribution in [2.24, 2.45) is 5.92 Å². The van der Waals surface area contributed by atoms with Crippen LogP contribution in [0.3, 0.4) is 0 Å². The summed E-state index contributed by atoms with van der Waals surface area (Å²) in [5.41, 5.74) is 3.18. The number of esters is 1. The van der Waals surface area contributed by atoms with E-state index in [4.69, 9.17) is 10.1 Å². The molecule has 1 N–H and O–H groups in total.